The third-order valence-corrected chi connectivity index (χ3v) is 3.23. The molecule has 0 radical (unpaired) electrons. The van der Waals surface area contributed by atoms with E-state index in [1.807, 2.05) is 24.3 Å². The molecule has 0 amide bonds. The van der Waals surface area contributed by atoms with Crippen molar-refractivity contribution in [2.75, 3.05) is 20.3 Å². The van der Waals surface area contributed by atoms with E-state index in [-0.39, 0.29) is 0 Å². The lowest BCUT2D eigenvalue weighted by atomic mass is 10.1. The number of hydrogen-bond acceptors (Lipinski definition) is 4. The van der Waals surface area contributed by atoms with Gasteiger partial charge in [0.15, 0.2) is 12.2 Å². The van der Waals surface area contributed by atoms with Crippen LogP contribution in [0.1, 0.15) is 5.69 Å². The maximum absolute atomic E-state index is 5.48. The fraction of sp³-hybridized carbons (Fsp3) is 0.308. The Morgan fingerprint density at radius 2 is 2.22 bits per heavy atom. The average molecular weight is 311 g/mol. The summed E-state index contributed by atoms with van der Waals surface area (Å²) in [4.78, 5) is 4.24. The Kier molecular flexibility index (Phi) is 4.92. The normalized spacial score (nSPS) is 10.8. The zero-order valence-electron chi connectivity index (χ0n) is 10.1. The fourth-order valence-electron chi connectivity index (χ4n) is 1.64. The number of oxazole rings is 1. The van der Waals surface area contributed by atoms with Gasteiger partial charge in [0.05, 0.1) is 6.61 Å². The predicted molar refractivity (Wildman–Crippen MR) is 73.2 cm³/mol. The Bertz CT molecular complexity index is 499. The molecule has 0 aliphatic carbocycles. The molecular formula is C13H15BrN2O2. The molecule has 0 aliphatic heterocycles. The van der Waals surface area contributed by atoms with Crippen LogP contribution < -0.4 is 5.32 Å². The van der Waals surface area contributed by atoms with E-state index in [1.54, 1.807) is 7.11 Å². The van der Waals surface area contributed by atoms with Crippen LogP contribution in [0.3, 0.4) is 0 Å². The van der Waals surface area contributed by atoms with Crippen molar-refractivity contribution < 1.29 is 9.15 Å². The highest BCUT2D eigenvalue weighted by Gasteiger charge is 2.12. The minimum Gasteiger partial charge on any atom is -0.443 e. The Morgan fingerprint density at radius 1 is 1.39 bits per heavy atom. The molecule has 18 heavy (non-hydrogen) atoms. The van der Waals surface area contributed by atoms with Gasteiger partial charge >= 0.3 is 0 Å². The molecule has 2 aromatic rings. The maximum atomic E-state index is 5.48. The van der Waals surface area contributed by atoms with Crippen LogP contribution in [0.25, 0.3) is 11.3 Å². The minimum atomic E-state index is 0.663. The zero-order chi connectivity index (χ0) is 12.8. The average Bonchev–Trinajstić information content (AvgIpc) is 2.83. The number of benzene rings is 1. The number of nitrogens with one attached hydrogen (secondary N) is 1. The molecule has 2 rings (SSSR count). The first kappa shape index (κ1) is 13.3. The summed E-state index contributed by atoms with van der Waals surface area (Å²) >= 11 is 3.52. The van der Waals surface area contributed by atoms with Crippen molar-refractivity contribution in [2.45, 2.75) is 6.54 Å². The summed E-state index contributed by atoms with van der Waals surface area (Å²) in [5.41, 5.74) is 1.91. The van der Waals surface area contributed by atoms with E-state index in [0.717, 1.165) is 28.0 Å². The summed E-state index contributed by atoms with van der Waals surface area (Å²) in [6.07, 6.45) is 1.47. The summed E-state index contributed by atoms with van der Waals surface area (Å²) in [5, 5.41) is 3.26. The number of rotatable bonds is 6. The van der Waals surface area contributed by atoms with Crippen LogP contribution in [0.5, 0.6) is 0 Å². The maximum Gasteiger partial charge on any atom is 0.181 e. The molecule has 0 spiro atoms. The van der Waals surface area contributed by atoms with Gasteiger partial charge in [0.1, 0.15) is 5.69 Å². The Labute approximate surface area is 114 Å². The summed E-state index contributed by atoms with van der Waals surface area (Å²) in [6.45, 7) is 2.14. The Morgan fingerprint density at radius 3 is 3.00 bits per heavy atom. The molecule has 1 aromatic carbocycles. The lowest BCUT2D eigenvalue weighted by molar-refractivity contribution is 0.199. The van der Waals surface area contributed by atoms with E-state index < -0.39 is 0 Å². The van der Waals surface area contributed by atoms with E-state index in [0.29, 0.717) is 13.2 Å². The fourth-order valence-corrected chi connectivity index (χ4v) is 2.11. The first-order valence-electron chi connectivity index (χ1n) is 5.70. The second-order valence-corrected chi connectivity index (χ2v) is 4.63. The van der Waals surface area contributed by atoms with Crippen molar-refractivity contribution in [3.05, 3.63) is 40.8 Å². The number of nitrogens with zero attached hydrogens (tertiary/aromatic N) is 1. The first-order chi connectivity index (χ1) is 8.83. The predicted octanol–water partition coefficient (Wildman–Crippen LogP) is 2.84. The third-order valence-electron chi connectivity index (χ3n) is 2.54. The van der Waals surface area contributed by atoms with Crippen molar-refractivity contribution in [2.24, 2.45) is 0 Å². The van der Waals surface area contributed by atoms with Crippen molar-refractivity contribution >= 4 is 15.9 Å². The number of methoxy groups -OCH3 is 1. The van der Waals surface area contributed by atoms with Gasteiger partial charge in [0.25, 0.3) is 0 Å². The van der Waals surface area contributed by atoms with Crippen LogP contribution in [-0.4, -0.2) is 25.2 Å². The van der Waals surface area contributed by atoms with Crippen molar-refractivity contribution in [3.63, 3.8) is 0 Å². The summed E-state index contributed by atoms with van der Waals surface area (Å²) in [5.74, 6) is 0.799. The zero-order valence-corrected chi connectivity index (χ0v) is 11.7. The lowest BCUT2D eigenvalue weighted by Crippen LogP contribution is -2.19. The van der Waals surface area contributed by atoms with Crippen molar-refractivity contribution in [1.29, 1.82) is 0 Å². The van der Waals surface area contributed by atoms with E-state index in [9.17, 15) is 0 Å². The van der Waals surface area contributed by atoms with Gasteiger partial charge in [-0.05, 0) is 6.07 Å². The van der Waals surface area contributed by atoms with Gasteiger partial charge in [0.2, 0.25) is 0 Å². The van der Waals surface area contributed by atoms with Gasteiger partial charge in [0, 0.05) is 30.2 Å². The smallest absolute Gasteiger partial charge is 0.181 e. The van der Waals surface area contributed by atoms with Crippen LogP contribution in [0.4, 0.5) is 0 Å². The molecule has 1 aromatic heterocycles. The molecule has 1 N–H and O–H groups in total. The van der Waals surface area contributed by atoms with Crippen molar-refractivity contribution in [3.8, 4) is 11.3 Å². The van der Waals surface area contributed by atoms with Gasteiger partial charge in [-0.2, -0.15) is 0 Å². The molecule has 1 heterocycles. The van der Waals surface area contributed by atoms with Gasteiger partial charge in [-0.15, -0.1) is 0 Å². The van der Waals surface area contributed by atoms with Crippen LogP contribution >= 0.6 is 15.9 Å². The largest absolute Gasteiger partial charge is 0.443 e. The van der Waals surface area contributed by atoms with Gasteiger partial charge < -0.3 is 14.5 Å². The van der Waals surface area contributed by atoms with E-state index in [1.165, 1.54) is 6.39 Å². The number of halogens is 1. The monoisotopic (exact) mass is 310 g/mol. The standard InChI is InChI=1S/C13H15BrN2O2/c1-17-7-6-15-8-12-13(18-9-16-12)10-4-2-3-5-11(10)14/h2-5,9,15H,6-8H2,1H3. The van der Waals surface area contributed by atoms with Crippen LogP contribution in [-0.2, 0) is 11.3 Å². The van der Waals surface area contributed by atoms with Crippen LogP contribution in [0.15, 0.2) is 39.5 Å². The van der Waals surface area contributed by atoms with Gasteiger partial charge in [-0.1, -0.05) is 34.1 Å². The quantitative estimate of drug-likeness (QED) is 0.833. The highest BCUT2D eigenvalue weighted by Crippen LogP contribution is 2.30. The number of ether oxygens (including phenoxy) is 1. The molecule has 0 unspecified atom stereocenters. The molecule has 0 saturated carbocycles. The summed E-state index contributed by atoms with van der Waals surface area (Å²) in [7, 11) is 1.68. The topological polar surface area (TPSA) is 47.3 Å². The second kappa shape index (κ2) is 6.68. The minimum absolute atomic E-state index is 0.663. The first-order valence-corrected chi connectivity index (χ1v) is 6.49. The van der Waals surface area contributed by atoms with E-state index in [2.05, 4.69) is 26.2 Å². The van der Waals surface area contributed by atoms with E-state index in [4.69, 9.17) is 9.15 Å². The molecule has 0 atom stereocenters. The highest BCUT2D eigenvalue weighted by molar-refractivity contribution is 9.10. The van der Waals surface area contributed by atoms with Gasteiger partial charge in [-0.3, -0.25) is 0 Å². The number of hydrogen-bond donors (Lipinski definition) is 1. The van der Waals surface area contributed by atoms with Crippen molar-refractivity contribution in [1.82, 2.24) is 10.3 Å². The molecule has 0 aliphatic rings. The third kappa shape index (κ3) is 3.19. The number of aromatic nitrogens is 1. The lowest BCUT2D eigenvalue weighted by Gasteiger charge is -2.05. The highest BCUT2D eigenvalue weighted by atomic mass is 79.9. The molecule has 0 saturated heterocycles. The molecular weight excluding hydrogens is 296 g/mol. The molecule has 5 heteroatoms. The molecule has 96 valence electrons. The summed E-state index contributed by atoms with van der Waals surface area (Å²) < 4.78 is 11.5. The molecule has 0 fully saturated rings. The Hall–Kier alpha value is -1.17. The van der Waals surface area contributed by atoms with Gasteiger partial charge in [-0.25, -0.2) is 4.98 Å². The molecule has 0 bridgehead atoms. The van der Waals surface area contributed by atoms with Crippen LogP contribution in [0, 0.1) is 0 Å². The summed E-state index contributed by atoms with van der Waals surface area (Å²) in [6, 6.07) is 7.94. The van der Waals surface area contributed by atoms with E-state index >= 15 is 0 Å². The SMILES string of the molecule is COCCNCc1ncoc1-c1ccccc1Br. The Balaban J connectivity index is 2.10. The van der Waals surface area contributed by atoms with Crippen LogP contribution in [0.2, 0.25) is 0 Å². The molecule has 4 nitrogen and oxygen atoms in total. The second-order valence-electron chi connectivity index (χ2n) is 3.78.